The van der Waals surface area contributed by atoms with E-state index in [0.29, 0.717) is 11.8 Å². The molecule has 0 amide bonds. The molecule has 0 saturated heterocycles. The van der Waals surface area contributed by atoms with E-state index in [0.717, 1.165) is 12.4 Å². The predicted molar refractivity (Wildman–Crippen MR) is 96.2 cm³/mol. The van der Waals surface area contributed by atoms with Crippen LogP contribution in [0.25, 0.3) is 0 Å². The normalized spacial score (nSPS) is 18.0. The van der Waals surface area contributed by atoms with Crippen LogP contribution in [0.5, 0.6) is 0 Å². The fourth-order valence-corrected chi connectivity index (χ4v) is 3.95. The van der Waals surface area contributed by atoms with Gasteiger partial charge in [0.25, 0.3) is 0 Å². The molecule has 0 spiro atoms. The Bertz CT molecular complexity index is 652. The van der Waals surface area contributed by atoms with Crippen LogP contribution in [-0.4, -0.2) is 15.1 Å². The van der Waals surface area contributed by atoms with Crippen molar-refractivity contribution in [2.24, 2.45) is 0 Å². The van der Waals surface area contributed by atoms with Crippen molar-refractivity contribution in [3.8, 4) is 0 Å². The van der Waals surface area contributed by atoms with E-state index >= 15 is 0 Å². The van der Waals surface area contributed by atoms with Crippen LogP contribution >= 0.6 is 11.3 Å². The number of hydrogen-bond donors (Lipinski definition) is 1. The molecule has 1 atom stereocenters. The van der Waals surface area contributed by atoms with E-state index in [1.54, 1.807) is 11.3 Å². The van der Waals surface area contributed by atoms with E-state index in [2.05, 4.69) is 48.1 Å². The molecule has 2 aromatic rings. The first-order chi connectivity index (χ1) is 11.4. The van der Waals surface area contributed by atoms with Crippen molar-refractivity contribution in [2.75, 3.05) is 0 Å². The van der Waals surface area contributed by atoms with E-state index < -0.39 is 0 Å². The molecule has 1 fully saturated rings. The van der Waals surface area contributed by atoms with Gasteiger partial charge in [-0.15, -0.1) is 11.3 Å². The van der Waals surface area contributed by atoms with Crippen molar-refractivity contribution in [1.29, 1.82) is 0 Å². The van der Waals surface area contributed by atoms with Gasteiger partial charge >= 0.3 is 0 Å². The predicted octanol–water partition coefficient (Wildman–Crippen LogP) is 4.72. The fourth-order valence-electron chi connectivity index (χ4n) is 3.03. The third-order valence-corrected chi connectivity index (χ3v) is 6.00. The second-order valence-electron chi connectivity index (χ2n) is 7.81. The monoisotopic (exact) mass is 348 g/mol. The Labute approximate surface area is 148 Å². The molecule has 2 aromatic heterocycles. The molecule has 0 radical (unpaired) electrons. The van der Waals surface area contributed by atoms with Gasteiger partial charge < -0.3 is 9.84 Å². The average Bonchev–Trinajstić information content (AvgIpc) is 3.22. The molecule has 0 aromatic carbocycles. The Morgan fingerprint density at radius 2 is 2.04 bits per heavy atom. The molecule has 6 heteroatoms. The standard InChI is InChI=1S/C18H28N4OS/c1-12(19-10-14-11-20-17(24-14)18(2,3)4)16-21-15(22-23-16)13-8-6-5-7-9-13/h11-13,19H,5-10H2,1-4H3. The van der Waals surface area contributed by atoms with Crippen molar-refractivity contribution >= 4 is 11.3 Å². The quantitative estimate of drug-likeness (QED) is 0.847. The SMILES string of the molecule is CC(NCc1cnc(C(C)(C)C)s1)c1nc(C2CCCCC2)no1. The molecule has 5 nitrogen and oxygen atoms in total. The summed E-state index contributed by atoms with van der Waals surface area (Å²) >= 11 is 1.76. The molecule has 1 unspecified atom stereocenters. The zero-order chi connectivity index (χ0) is 17.2. The lowest BCUT2D eigenvalue weighted by Crippen LogP contribution is -2.18. The van der Waals surface area contributed by atoms with Crippen LogP contribution in [0.15, 0.2) is 10.7 Å². The molecule has 1 aliphatic rings. The van der Waals surface area contributed by atoms with Gasteiger partial charge in [0.2, 0.25) is 5.89 Å². The lowest BCUT2D eigenvalue weighted by molar-refractivity contribution is 0.329. The Kier molecular flexibility index (Phi) is 5.35. The number of thiazole rings is 1. The molecular formula is C18H28N4OS. The minimum absolute atomic E-state index is 0.0510. The van der Waals surface area contributed by atoms with Crippen molar-refractivity contribution in [2.45, 2.75) is 83.7 Å². The van der Waals surface area contributed by atoms with E-state index in [4.69, 9.17) is 4.52 Å². The van der Waals surface area contributed by atoms with Crippen LogP contribution in [0.2, 0.25) is 0 Å². The number of aromatic nitrogens is 3. The van der Waals surface area contributed by atoms with Crippen LogP contribution in [0.3, 0.4) is 0 Å². The number of rotatable bonds is 5. The Hall–Kier alpha value is -1.27. The van der Waals surface area contributed by atoms with E-state index in [1.165, 1.54) is 42.0 Å². The third-order valence-electron chi connectivity index (χ3n) is 4.58. The number of nitrogens with one attached hydrogen (secondary N) is 1. The highest BCUT2D eigenvalue weighted by atomic mass is 32.1. The largest absolute Gasteiger partial charge is 0.338 e. The van der Waals surface area contributed by atoms with Gasteiger partial charge in [0, 0.05) is 29.0 Å². The summed E-state index contributed by atoms with van der Waals surface area (Å²) in [5.74, 6) is 2.07. The summed E-state index contributed by atoms with van der Waals surface area (Å²) in [7, 11) is 0. The average molecular weight is 349 g/mol. The van der Waals surface area contributed by atoms with Gasteiger partial charge in [-0.1, -0.05) is 45.2 Å². The summed E-state index contributed by atoms with van der Waals surface area (Å²) in [4.78, 5) is 10.4. The second kappa shape index (κ2) is 7.31. The van der Waals surface area contributed by atoms with Crippen LogP contribution in [0, 0.1) is 0 Å². The molecular weight excluding hydrogens is 320 g/mol. The summed E-state index contributed by atoms with van der Waals surface area (Å²) in [6.45, 7) is 9.42. The molecule has 3 rings (SSSR count). The highest BCUT2D eigenvalue weighted by molar-refractivity contribution is 7.11. The molecule has 0 bridgehead atoms. The highest BCUT2D eigenvalue weighted by Crippen LogP contribution is 2.31. The lowest BCUT2D eigenvalue weighted by atomic mass is 9.89. The summed E-state index contributed by atoms with van der Waals surface area (Å²) in [5, 5.41) is 8.86. The minimum Gasteiger partial charge on any atom is -0.338 e. The van der Waals surface area contributed by atoms with Gasteiger partial charge in [-0.05, 0) is 19.8 Å². The molecule has 132 valence electrons. The zero-order valence-corrected chi connectivity index (χ0v) is 15.9. The maximum Gasteiger partial charge on any atom is 0.243 e. The first-order valence-electron chi connectivity index (χ1n) is 8.95. The minimum atomic E-state index is 0.0510. The van der Waals surface area contributed by atoms with Crippen molar-refractivity contribution in [3.63, 3.8) is 0 Å². The van der Waals surface area contributed by atoms with Crippen molar-refractivity contribution in [1.82, 2.24) is 20.4 Å². The fraction of sp³-hybridized carbons (Fsp3) is 0.722. The number of nitrogens with zero attached hydrogens (tertiary/aromatic N) is 3. The molecule has 2 heterocycles. The molecule has 1 N–H and O–H groups in total. The summed E-state index contributed by atoms with van der Waals surface area (Å²) < 4.78 is 5.49. The highest BCUT2D eigenvalue weighted by Gasteiger charge is 2.23. The molecule has 0 aliphatic heterocycles. The van der Waals surface area contributed by atoms with E-state index in [1.807, 2.05) is 6.20 Å². The van der Waals surface area contributed by atoms with Gasteiger partial charge in [-0.25, -0.2) is 4.98 Å². The Morgan fingerprint density at radius 1 is 1.29 bits per heavy atom. The second-order valence-corrected chi connectivity index (χ2v) is 8.93. The Balaban J connectivity index is 1.56. The van der Waals surface area contributed by atoms with Gasteiger partial charge in [-0.3, -0.25) is 0 Å². The Morgan fingerprint density at radius 3 is 2.71 bits per heavy atom. The molecule has 1 saturated carbocycles. The van der Waals surface area contributed by atoms with Gasteiger partial charge in [0.15, 0.2) is 5.82 Å². The van der Waals surface area contributed by atoms with E-state index in [-0.39, 0.29) is 11.5 Å². The van der Waals surface area contributed by atoms with Crippen LogP contribution in [-0.2, 0) is 12.0 Å². The number of hydrogen-bond acceptors (Lipinski definition) is 6. The van der Waals surface area contributed by atoms with Crippen molar-refractivity contribution in [3.05, 3.63) is 27.8 Å². The van der Waals surface area contributed by atoms with Crippen LogP contribution in [0.4, 0.5) is 0 Å². The van der Waals surface area contributed by atoms with Crippen LogP contribution in [0.1, 0.15) is 93.4 Å². The van der Waals surface area contributed by atoms with Crippen LogP contribution < -0.4 is 5.32 Å². The topological polar surface area (TPSA) is 63.8 Å². The summed E-state index contributed by atoms with van der Waals surface area (Å²) in [6.07, 6.45) is 8.25. The maximum absolute atomic E-state index is 5.49. The summed E-state index contributed by atoms with van der Waals surface area (Å²) in [6, 6.07) is 0.0510. The van der Waals surface area contributed by atoms with Gasteiger partial charge in [0.1, 0.15) is 0 Å². The van der Waals surface area contributed by atoms with Gasteiger partial charge in [-0.2, -0.15) is 4.98 Å². The molecule has 24 heavy (non-hydrogen) atoms. The summed E-state index contributed by atoms with van der Waals surface area (Å²) in [5.41, 5.74) is 0.107. The third kappa shape index (κ3) is 4.22. The van der Waals surface area contributed by atoms with E-state index in [9.17, 15) is 0 Å². The maximum atomic E-state index is 5.49. The smallest absolute Gasteiger partial charge is 0.243 e. The first-order valence-corrected chi connectivity index (χ1v) is 9.77. The molecule has 1 aliphatic carbocycles. The van der Waals surface area contributed by atoms with Gasteiger partial charge in [0.05, 0.1) is 11.0 Å². The van der Waals surface area contributed by atoms with Crippen molar-refractivity contribution < 1.29 is 4.52 Å². The lowest BCUT2D eigenvalue weighted by Gasteiger charge is -2.17. The first kappa shape index (κ1) is 17.5. The zero-order valence-electron chi connectivity index (χ0n) is 15.1.